The Kier molecular flexibility index (Phi) is 6.59. The Morgan fingerprint density at radius 1 is 1.21 bits per heavy atom. The van der Waals surface area contributed by atoms with Gasteiger partial charge in [-0.3, -0.25) is 14.3 Å². The van der Waals surface area contributed by atoms with E-state index in [1.165, 1.54) is 6.07 Å². The van der Waals surface area contributed by atoms with E-state index in [2.05, 4.69) is 10.0 Å². The minimum Gasteiger partial charge on any atom is -0.356 e. The quantitative estimate of drug-likeness (QED) is 0.729. The van der Waals surface area contributed by atoms with Gasteiger partial charge < -0.3 is 10.2 Å². The van der Waals surface area contributed by atoms with Crippen molar-refractivity contribution in [3.8, 4) is 0 Å². The molecule has 1 fully saturated rings. The van der Waals surface area contributed by atoms with Crippen LogP contribution in [0, 0.1) is 12.8 Å². The van der Waals surface area contributed by atoms with Crippen molar-refractivity contribution in [2.24, 2.45) is 5.92 Å². The number of anilines is 1. The Morgan fingerprint density at radius 2 is 1.93 bits per heavy atom. The molecule has 0 radical (unpaired) electrons. The highest BCUT2D eigenvalue weighted by atomic mass is 32.2. The van der Waals surface area contributed by atoms with Crippen molar-refractivity contribution in [1.82, 2.24) is 10.2 Å². The summed E-state index contributed by atoms with van der Waals surface area (Å²) in [6, 6.07) is 8.43. The van der Waals surface area contributed by atoms with E-state index in [4.69, 9.17) is 0 Å². The lowest BCUT2D eigenvalue weighted by atomic mass is 9.97. The minimum atomic E-state index is -3.90. The zero-order valence-electron chi connectivity index (χ0n) is 16.5. The van der Waals surface area contributed by atoms with Gasteiger partial charge in [-0.2, -0.15) is 0 Å². The monoisotopic (exact) mass is 435 g/mol. The molecular weight excluding hydrogens is 410 g/mol. The van der Waals surface area contributed by atoms with Gasteiger partial charge in [-0.25, -0.2) is 8.42 Å². The molecule has 0 bridgehead atoms. The van der Waals surface area contributed by atoms with Crippen LogP contribution in [-0.2, 0) is 14.8 Å². The van der Waals surface area contributed by atoms with Crippen LogP contribution in [0.5, 0.6) is 0 Å². The first-order chi connectivity index (χ1) is 13.8. The summed E-state index contributed by atoms with van der Waals surface area (Å²) in [6.07, 6.45) is 1.43. The molecule has 7 nitrogen and oxygen atoms in total. The second-order valence-corrected chi connectivity index (χ2v) is 9.64. The normalized spacial score (nSPS) is 17.0. The zero-order valence-corrected chi connectivity index (χ0v) is 18.1. The lowest BCUT2D eigenvalue weighted by molar-refractivity contribution is -0.126. The standard InChI is InChI=1S/C20H25N3O4S2/c1-3-21-19(24)15-5-4-11-23(13-15)20(25)18-17(10-12-28-18)29(26,27)22-16-8-6-14(2)7-9-16/h6-10,12,15,22H,3-5,11,13H2,1-2H3,(H,21,24). The fourth-order valence-electron chi connectivity index (χ4n) is 3.33. The van der Waals surface area contributed by atoms with E-state index < -0.39 is 10.0 Å². The third-order valence-corrected chi connectivity index (χ3v) is 7.30. The third-order valence-electron chi connectivity index (χ3n) is 4.85. The number of piperidine rings is 1. The number of nitrogens with one attached hydrogen (secondary N) is 2. The number of carbonyl (C=O) groups is 2. The molecule has 0 saturated carbocycles. The van der Waals surface area contributed by atoms with Gasteiger partial charge in [0, 0.05) is 25.3 Å². The van der Waals surface area contributed by atoms with Gasteiger partial charge in [-0.15, -0.1) is 11.3 Å². The van der Waals surface area contributed by atoms with Crippen LogP contribution in [0.1, 0.15) is 35.0 Å². The van der Waals surface area contributed by atoms with Crippen LogP contribution in [-0.4, -0.2) is 44.8 Å². The molecule has 1 unspecified atom stereocenters. The molecule has 1 aromatic carbocycles. The highest BCUT2D eigenvalue weighted by molar-refractivity contribution is 7.93. The molecule has 2 amide bonds. The number of carbonyl (C=O) groups excluding carboxylic acids is 2. The van der Waals surface area contributed by atoms with Crippen molar-refractivity contribution in [3.63, 3.8) is 0 Å². The van der Waals surface area contributed by atoms with Gasteiger partial charge >= 0.3 is 0 Å². The maximum absolute atomic E-state index is 13.1. The van der Waals surface area contributed by atoms with Crippen molar-refractivity contribution < 1.29 is 18.0 Å². The van der Waals surface area contributed by atoms with Crippen molar-refractivity contribution >= 4 is 38.9 Å². The number of thiophene rings is 1. The predicted octanol–water partition coefficient (Wildman–Crippen LogP) is 2.85. The van der Waals surface area contributed by atoms with Crippen LogP contribution in [0.3, 0.4) is 0 Å². The molecule has 156 valence electrons. The molecule has 1 saturated heterocycles. The molecule has 2 aromatic rings. The van der Waals surface area contributed by atoms with Crippen LogP contribution in [0.25, 0.3) is 0 Å². The number of rotatable bonds is 6. The van der Waals surface area contributed by atoms with E-state index >= 15 is 0 Å². The average molecular weight is 436 g/mol. The van der Waals surface area contributed by atoms with Crippen molar-refractivity contribution in [2.45, 2.75) is 31.6 Å². The van der Waals surface area contributed by atoms with Gasteiger partial charge in [0.2, 0.25) is 5.91 Å². The Balaban J connectivity index is 1.78. The van der Waals surface area contributed by atoms with E-state index in [1.54, 1.807) is 22.4 Å². The summed E-state index contributed by atoms with van der Waals surface area (Å²) >= 11 is 1.10. The summed E-state index contributed by atoms with van der Waals surface area (Å²) in [5, 5.41) is 4.40. The van der Waals surface area contributed by atoms with Gasteiger partial charge in [-0.1, -0.05) is 17.7 Å². The second-order valence-electron chi connectivity index (χ2n) is 7.07. The summed E-state index contributed by atoms with van der Waals surface area (Å²) in [5.74, 6) is -0.679. The molecular formula is C20H25N3O4S2. The lowest BCUT2D eigenvalue weighted by Crippen LogP contribution is -2.45. The molecule has 2 N–H and O–H groups in total. The topological polar surface area (TPSA) is 95.6 Å². The summed E-state index contributed by atoms with van der Waals surface area (Å²) < 4.78 is 28.3. The predicted molar refractivity (Wildman–Crippen MR) is 114 cm³/mol. The highest BCUT2D eigenvalue weighted by Gasteiger charge is 2.32. The number of likely N-dealkylation sites (tertiary alicyclic amines) is 1. The smallest absolute Gasteiger partial charge is 0.265 e. The zero-order chi connectivity index (χ0) is 21.0. The molecule has 1 aliphatic heterocycles. The van der Waals surface area contributed by atoms with Crippen LogP contribution >= 0.6 is 11.3 Å². The maximum Gasteiger partial charge on any atom is 0.265 e. The summed E-state index contributed by atoms with van der Waals surface area (Å²) in [4.78, 5) is 26.9. The van der Waals surface area contributed by atoms with Crippen LogP contribution in [0.2, 0.25) is 0 Å². The summed E-state index contributed by atoms with van der Waals surface area (Å²) in [5.41, 5.74) is 1.46. The Bertz CT molecular complexity index is 983. The molecule has 1 atom stereocenters. The fourth-order valence-corrected chi connectivity index (χ4v) is 5.78. The molecule has 1 aromatic heterocycles. The molecule has 1 aliphatic rings. The maximum atomic E-state index is 13.1. The van der Waals surface area contributed by atoms with Crippen LogP contribution in [0.15, 0.2) is 40.6 Å². The number of nitrogens with zero attached hydrogens (tertiary/aromatic N) is 1. The van der Waals surface area contributed by atoms with E-state index in [9.17, 15) is 18.0 Å². The summed E-state index contributed by atoms with van der Waals surface area (Å²) in [6.45, 7) is 5.13. The number of hydrogen-bond acceptors (Lipinski definition) is 5. The first-order valence-electron chi connectivity index (χ1n) is 9.55. The minimum absolute atomic E-state index is 0.0341. The van der Waals surface area contributed by atoms with Gasteiger partial charge in [0.1, 0.15) is 9.77 Å². The van der Waals surface area contributed by atoms with Gasteiger partial charge in [0.25, 0.3) is 15.9 Å². The van der Waals surface area contributed by atoms with Crippen molar-refractivity contribution in [3.05, 3.63) is 46.2 Å². The van der Waals surface area contributed by atoms with Gasteiger partial charge in [-0.05, 0) is 50.3 Å². The van der Waals surface area contributed by atoms with E-state index in [1.807, 2.05) is 26.0 Å². The Hall–Kier alpha value is -2.39. The number of hydrogen-bond donors (Lipinski definition) is 2. The largest absolute Gasteiger partial charge is 0.356 e. The van der Waals surface area contributed by atoms with Crippen LogP contribution < -0.4 is 10.0 Å². The number of amides is 2. The number of aryl methyl sites for hydroxylation is 1. The number of benzene rings is 1. The molecule has 0 spiro atoms. The second kappa shape index (κ2) is 8.96. The van der Waals surface area contributed by atoms with E-state index in [0.717, 1.165) is 23.3 Å². The van der Waals surface area contributed by atoms with Gasteiger partial charge in [0.05, 0.1) is 5.92 Å². The Labute approximate surface area is 175 Å². The molecule has 3 rings (SSSR count). The van der Waals surface area contributed by atoms with Gasteiger partial charge in [0.15, 0.2) is 0 Å². The lowest BCUT2D eigenvalue weighted by Gasteiger charge is -2.32. The first kappa shape index (κ1) is 21.3. The fraction of sp³-hybridized carbons (Fsp3) is 0.400. The number of sulfonamides is 1. The van der Waals surface area contributed by atoms with E-state index in [-0.39, 0.29) is 27.5 Å². The van der Waals surface area contributed by atoms with Crippen molar-refractivity contribution in [2.75, 3.05) is 24.4 Å². The third kappa shape index (κ3) is 4.97. The van der Waals surface area contributed by atoms with E-state index in [0.29, 0.717) is 31.7 Å². The first-order valence-corrected chi connectivity index (χ1v) is 11.9. The summed E-state index contributed by atoms with van der Waals surface area (Å²) in [7, 11) is -3.90. The SMILES string of the molecule is CCNC(=O)C1CCCN(C(=O)c2sccc2S(=O)(=O)Nc2ccc(C)cc2)C1. The van der Waals surface area contributed by atoms with Crippen LogP contribution in [0.4, 0.5) is 5.69 Å². The average Bonchev–Trinajstić information content (AvgIpc) is 3.20. The highest BCUT2D eigenvalue weighted by Crippen LogP contribution is 2.28. The van der Waals surface area contributed by atoms with Crippen molar-refractivity contribution in [1.29, 1.82) is 0 Å². The Morgan fingerprint density at radius 3 is 2.62 bits per heavy atom. The molecule has 9 heteroatoms. The molecule has 2 heterocycles. The molecule has 29 heavy (non-hydrogen) atoms. The molecule has 0 aliphatic carbocycles.